The highest BCUT2D eigenvalue weighted by atomic mass is 35.5. The van der Waals surface area contributed by atoms with Crippen LogP contribution in [0.2, 0.25) is 5.02 Å². The molecule has 0 radical (unpaired) electrons. The SMILES string of the molecule is Cc1nc2c(N3C[C@@H](C)N([C@H](c4ccc(F)c(Cl)c4)C(C)C)C[C@@H]3C)nc3nncn3c2n1C[C@@H]1CCCO1. The van der Waals surface area contributed by atoms with E-state index in [-0.39, 0.29) is 35.1 Å². The fourth-order valence-corrected chi connectivity index (χ4v) is 6.64. The molecule has 5 heterocycles. The standard InChI is InChI=1S/C28H36ClFN8O/c1-16(2)25(20-8-9-23(30)22(29)11-20)35-12-18(4)36(13-17(35)3)26-24-27(38-15-31-34-28(38)33-26)37(19(5)32-24)14-21-7-6-10-39-21/h8-9,11,15-18,21,25H,6-7,10,12-14H2,1-5H3/t17-,18+,21+,25+/m1/s1. The van der Waals surface area contributed by atoms with E-state index in [1.807, 2.05) is 17.4 Å². The third-order valence-corrected chi connectivity index (χ3v) is 8.59. The summed E-state index contributed by atoms with van der Waals surface area (Å²) < 4.78 is 24.1. The minimum Gasteiger partial charge on any atom is -0.376 e. The molecule has 0 aliphatic carbocycles. The molecule has 0 amide bonds. The highest BCUT2D eigenvalue weighted by molar-refractivity contribution is 6.30. The van der Waals surface area contributed by atoms with Gasteiger partial charge in [-0.1, -0.05) is 31.5 Å². The Kier molecular flexibility index (Phi) is 6.97. The summed E-state index contributed by atoms with van der Waals surface area (Å²) in [5.74, 6) is 2.26. The van der Waals surface area contributed by atoms with Crippen molar-refractivity contribution in [1.82, 2.24) is 34.0 Å². The van der Waals surface area contributed by atoms with Crippen LogP contribution in [0.1, 0.15) is 58.0 Å². The molecule has 3 aromatic heterocycles. The number of nitrogens with zero attached hydrogens (tertiary/aromatic N) is 8. The fraction of sp³-hybridized carbons (Fsp3) is 0.571. The van der Waals surface area contributed by atoms with Crippen LogP contribution in [0.15, 0.2) is 24.5 Å². The second kappa shape index (κ2) is 10.3. The van der Waals surface area contributed by atoms with Crippen molar-refractivity contribution in [2.45, 2.75) is 78.2 Å². The lowest BCUT2D eigenvalue weighted by Crippen LogP contribution is -2.58. The molecule has 2 fully saturated rings. The van der Waals surface area contributed by atoms with E-state index >= 15 is 0 Å². The Labute approximate surface area is 232 Å². The van der Waals surface area contributed by atoms with Crippen LogP contribution in [0, 0.1) is 18.7 Å². The maximum atomic E-state index is 14.0. The summed E-state index contributed by atoms with van der Waals surface area (Å²) in [6, 6.07) is 5.59. The van der Waals surface area contributed by atoms with Crippen LogP contribution in [0.5, 0.6) is 0 Å². The predicted molar refractivity (Wildman–Crippen MR) is 150 cm³/mol. The van der Waals surface area contributed by atoms with Crippen LogP contribution in [0.25, 0.3) is 16.9 Å². The quantitative estimate of drug-likeness (QED) is 0.330. The summed E-state index contributed by atoms with van der Waals surface area (Å²) in [5, 5.41) is 8.66. The van der Waals surface area contributed by atoms with Crippen LogP contribution in [-0.4, -0.2) is 71.9 Å². The van der Waals surface area contributed by atoms with Crippen LogP contribution in [0.3, 0.4) is 0 Å². The lowest BCUT2D eigenvalue weighted by molar-refractivity contribution is 0.0821. The number of hydrogen-bond acceptors (Lipinski definition) is 7. The van der Waals surface area contributed by atoms with Crippen molar-refractivity contribution in [1.29, 1.82) is 0 Å². The van der Waals surface area contributed by atoms with Gasteiger partial charge in [-0.2, -0.15) is 4.98 Å². The summed E-state index contributed by atoms with van der Waals surface area (Å²) in [6.07, 6.45) is 4.04. The van der Waals surface area contributed by atoms with Crippen molar-refractivity contribution < 1.29 is 9.13 Å². The first-order chi connectivity index (χ1) is 18.7. The zero-order chi connectivity index (χ0) is 27.4. The van der Waals surface area contributed by atoms with Crippen molar-refractivity contribution in [2.75, 3.05) is 24.6 Å². The Morgan fingerprint density at radius 1 is 1.15 bits per heavy atom. The number of aryl methyl sites for hydroxylation is 1. The van der Waals surface area contributed by atoms with Gasteiger partial charge in [0.05, 0.1) is 17.7 Å². The van der Waals surface area contributed by atoms with Gasteiger partial charge in [0.1, 0.15) is 23.5 Å². The number of fused-ring (bicyclic) bond motifs is 3. The Bertz CT molecular complexity index is 1500. The van der Waals surface area contributed by atoms with Crippen molar-refractivity contribution in [2.24, 2.45) is 5.92 Å². The van der Waals surface area contributed by atoms with Crippen LogP contribution in [-0.2, 0) is 11.3 Å². The highest BCUT2D eigenvalue weighted by Crippen LogP contribution is 2.37. The number of imidazole rings is 1. The number of ether oxygens (including phenoxy) is 1. The van der Waals surface area contributed by atoms with E-state index in [9.17, 15) is 4.39 Å². The van der Waals surface area contributed by atoms with Crippen molar-refractivity contribution in [3.8, 4) is 0 Å². The number of halogens is 2. The third-order valence-electron chi connectivity index (χ3n) is 8.30. The molecule has 11 heteroatoms. The monoisotopic (exact) mass is 554 g/mol. The maximum Gasteiger partial charge on any atom is 0.258 e. The topological polar surface area (TPSA) is 76.6 Å². The minimum absolute atomic E-state index is 0.113. The molecule has 2 aliphatic heterocycles. The molecule has 0 unspecified atom stereocenters. The summed E-state index contributed by atoms with van der Waals surface area (Å²) in [5.41, 5.74) is 2.85. The molecule has 2 saturated heterocycles. The zero-order valence-corrected chi connectivity index (χ0v) is 23.9. The van der Waals surface area contributed by atoms with Gasteiger partial charge in [-0.25, -0.2) is 13.8 Å². The first-order valence-corrected chi connectivity index (χ1v) is 14.3. The van der Waals surface area contributed by atoms with Crippen molar-refractivity contribution >= 4 is 34.4 Å². The molecule has 0 bridgehead atoms. The maximum absolute atomic E-state index is 14.0. The molecule has 208 valence electrons. The molecular weight excluding hydrogens is 519 g/mol. The molecule has 2 aliphatic rings. The van der Waals surface area contributed by atoms with E-state index in [1.165, 1.54) is 6.07 Å². The molecule has 0 N–H and O–H groups in total. The number of hydrogen-bond donors (Lipinski definition) is 0. The molecule has 0 saturated carbocycles. The number of aromatic nitrogens is 6. The van der Waals surface area contributed by atoms with E-state index in [4.69, 9.17) is 26.3 Å². The van der Waals surface area contributed by atoms with Gasteiger partial charge in [-0.3, -0.25) is 4.90 Å². The predicted octanol–water partition coefficient (Wildman–Crippen LogP) is 5.05. The van der Waals surface area contributed by atoms with Gasteiger partial charge in [-0.15, -0.1) is 10.2 Å². The van der Waals surface area contributed by atoms with Crippen LogP contribution >= 0.6 is 11.6 Å². The van der Waals surface area contributed by atoms with Crippen LogP contribution < -0.4 is 4.90 Å². The minimum atomic E-state index is -0.387. The van der Waals surface area contributed by atoms with E-state index in [2.05, 4.69) is 52.3 Å². The first kappa shape index (κ1) is 26.4. The van der Waals surface area contributed by atoms with Crippen molar-refractivity contribution in [3.05, 3.63) is 46.8 Å². The molecule has 39 heavy (non-hydrogen) atoms. The second-order valence-electron chi connectivity index (χ2n) is 11.4. The van der Waals surface area contributed by atoms with Gasteiger partial charge in [0.25, 0.3) is 5.78 Å². The van der Waals surface area contributed by atoms with Gasteiger partial charge >= 0.3 is 0 Å². The molecule has 6 rings (SSSR count). The summed E-state index contributed by atoms with van der Waals surface area (Å²) in [7, 11) is 0. The second-order valence-corrected chi connectivity index (χ2v) is 11.8. The molecular formula is C28H36ClFN8O. The molecule has 1 aromatic carbocycles. The first-order valence-electron chi connectivity index (χ1n) is 13.9. The smallest absolute Gasteiger partial charge is 0.258 e. The van der Waals surface area contributed by atoms with E-state index in [0.717, 1.165) is 67.5 Å². The van der Waals surface area contributed by atoms with Gasteiger partial charge in [0.2, 0.25) is 0 Å². The average Bonchev–Trinajstić information content (AvgIpc) is 3.64. The number of piperazine rings is 1. The summed E-state index contributed by atoms with van der Waals surface area (Å²) in [4.78, 5) is 14.9. The lowest BCUT2D eigenvalue weighted by atomic mass is 9.91. The third kappa shape index (κ3) is 4.66. The van der Waals surface area contributed by atoms with Crippen molar-refractivity contribution in [3.63, 3.8) is 0 Å². The summed E-state index contributed by atoms with van der Waals surface area (Å²) in [6.45, 7) is 14.1. The largest absolute Gasteiger partial charge is 0.376 e. The molecule has 0 spiro atoms. The highest BCUT2D eigenvalue weighted by Gasteiger charge is 2.37. The lowest BCUT2D eigenvalue weighted by Gasteiger charge is -2.49. The van der Waals surface area contributed by atoms with Gasteiger partial charge < -0.3 is 14.2 Å². The average molecular weight is 555 g/mol. The number of rotatable bonds is 6. The van der Waals surface area contributed by atoms with Gasteiger partial charge in [0, 0.05) is 37.8 Å². The molecule has 4 atom stereocenters. The Balaban J connectivity index is 1.37. The summed E-state index contributed by atoms with van der Waals surface area (Å²) >= 11 is 6.19. The van der Waals surface area contributed by atoms with E-state index in [0.29, 0.717) is 11.7 Å². The normalized spacial score (nSPS) is 23.5. The Hall–Kier alpha value is -2.82. The molecule has 4 aromatic rings. The molecule has 9 nitrogen and oxygen atoms in total. The van der Waals surface area contributed by atoms with Crippen LogP contribution in [0.4, 0.5) is 10.2 Å². The Morgan fingerprint density at radius 3 is 2.69 bits per heavy atom. The van der Waals surface area contributed by atoms with E-state index in [1.54, 1.807) is 12.4 Å². The zero-order valence-electron chi connectivity index (χ0n) is 23.2. The van der Waals surface area contributed by atoms with Gasteiger partial charge in [0.15, 0.2) is 11.5 Å². The Morgan fingerprint density at radius 2 is 1.97 bits per heavy atom. The van der Waals surface area contributed by atoms with E-state index < -0.39 is 0 Å². The number of anilines is 1. The number of benzene rings is 1. The fourth-order valence-electron chi connectivity index (χ4n) is 6.45. The van der Waals surface area contributed by atoms with Gasteiger partial charge in [-0.05, 0) is 57.2 Å².